The van der Waals surface area contributed by atoms with Crippen LogP contribution in [-0.2, 0) is 13.1 Å². The first-order chi connectivity index (χ1) is 8.20. The lowest BCUT2D eigenvalue weighted by atomic mass is 10.3. The molecule has 0 radical (unpaired) electrons. The molecule has 0 atom stereocenters. The molecule has 3 nitrogen and oxygen atoms in total. The molecular weight excluding hydrogens is 302 g/mol. The molecule has 0 aliphatic rings. The van der Waals surface area contributed by atoms with Gasteiger partial charge in [-0.15, -0.1) is 0 Å². The van der Waals surface area contributed by atoms with E-state index < -0.39 is 0 Å². The van der Waals surface area contributed by atoms with Crippen LogP contribution in [0.2, 0.25) is 5.02 Å². The van der Waals surface area contributed by atoms with Crippen molar-refractivity contribution in [1.82, 2.24) is 9.55 Å². The highest BCUT2D eigenvalue weighted by atomic mass is 79.9. The predicted molar refractivity (Wildman–Crippen MR) is 74.4 cm³/mol. The molecule has 2 aromatic rings. The summed E-state index contributed by atoms with van der Waals surface area (Å²) >= 11 is 9.44. The van der Waals surface area contributed by atoms with Crippen molar-refractivity contribution in [2.75, 3.05) is 5.32 Å². The van der Waals surface area contributed by atoms with E-state index in [0.717, 1.165) is 34.0 Å². The summed E-state index contributed by atoms with van der Waals surface area (Å²) in [5, 5.41) is 4.06. The number of benzene rings is 1. The molecule has 0 aliphatic carbocycles. The molecule has 0 aliphatic heterocycles. The van der Waals surface area contributed by atoms with E-state index >= 15 is 0 Å². The zero-order valence-electron chi connectivity index (χ0n) is 9.45. The minimum absolute atomic E-state index is 0.722. The molecule has 1 heterocycles. The summed E-state index contributed by atoms with van der Waals surface area (Å²) in [6.07, 6.45) is 3.71. The number of nitrogens with one attached hydrogen (secondary N) is 1. The van der Waals surface area contributed by atoms with Gasteiger partial charge in [-0.05, 0) is 41.1 Å². The Morgan fingerprint density at radius 3 is 3.06 bits per heavy atom. The third-order valence-electron chi connectivity index (χ3n) is 2.53. The average Bonchev–Trinajstić information content (AvgIpc) is 2.77. The van der Waals surface area contributed by atoms with Crippen LogP contribution in [0.3, 0.4) is 0 Å². The third-order valence-corrected chi connectivity index (χ3v) is 3.45. The fraction of sp³-hybridized carbons (Fsp3) is 0.250. The van der Waals surface area contributed by atoms with E-state index in [1.54, 1.807) is 0 Å². The Kier molecular flexibility index (Phi) is 4.07. The van der Waals surface area contributed by atoms with Crippen LogP contribution in [0.1, 0.15) is 12.6 Å². The quantitative estimate of drug-likeness (QED) is 0.926. The van der Waals surface area contributed by atoms with Crippen molar-refractivity contribution in [2.45, 2.75) is 20.0 Å². The summed E-state index contributed by atoms with van der Waals surface area (Å²) in [5.74, 6) is 0. The van der Waals surface area contributed by atoms with Gasteiger partial charge in [0.1, 0.15) is 0 Å². The molecule has 0 saturated carbocycles. The molecule has 1 aromatic carbocycles. The van der Waals surface area contributed by atoms with E-state index in [1.165, 1.54) is 0 Å². The van der Waals surface area contributed by atoms with Crippen molar-refractivity contribution in [2.24, 2.45) is 0 Å². The second kappa shape index (κ2) is 5.56. The van der Waals surface area contributed by atoms with Crippen molar-refractivity contribution in [3.05, 3.63) is 45.9 Å². The molecule has 0 unspecified atom stereocenters. The Hall–Kier alpha value is -1.000. The maximum Gasteiger partial charge on any atom is 0.0948 e. The van der Waals surface area contributed by atoms with Crippen LogP contribution in [0.25, 0.3) is 0 Å². The Balaban J connectivity index is 2.09. The van der Waals surface area contributed by atoms with Gasteiger partial charge in [0, 0.05) is 22.2 Å². The Morgan fingerprint density at radius 2 is 2.29 bits per heavy atom. The first kappa shape index (κ1) is 12.5. The topological polar surface area (TPSA) is 29.9 Å². The first-order valence-corrected chi connectivity index (χ1v) is 6.55. The number of aryl methyl sites for hydroxylation is 1. The van der Waals surface area contributed by atoms with E-state index in [4.69, 9.17) is 11.6 Å². The molecule has 0 bridgehead atoms. The molecule has 0 fully saturated rings. The number of imidazole rings is 1. The molecule has 0 saturated heterocycles. The Morgan fingerprint density at radius 1 is 1.47 bits per heavy atom. The van der Waals surface area contributed by atoms with Crippen LogP contribution in [0.15, 0.2) is 35.2 Å². The molecule has 1 N–H and O–H groups in total. The number of hydrogen-bond donors (Lipinski definition) is 1. The second-order valence-electron chi connectivity index (χ2n) is 3.65. The first-order valence-electron chi connectivity index (χ1n) is 5.38. The fourth-order valence-electron chi connectivity index (χ4n) is 1.60. The van der Waals surface area contributed by atoms with Gasteiger partial charge in [-0.1, -0.05) is 11.6 Å². The number of aromatic nitrogens is 2. The van der Waals surface area contributed by atoms with Crippen LogP contribution >= 0.6 is 27.5 Å². The summed E-state index contributed by atoms with van der Waals surface area (Å²) in [6, 6.07) is 5.69. The highest BCUT2D eigenvalue weighted by Gasteiger charge is 2.03. The van der Waals surface area contributed by atoms with Gasteiger partial charge in [-0.25, -0.2) is 4.98 Å². The lowest BCUT2D eigenvalue weighted by Gasteiger charge is -2.10. The molecule has 17 heavy (non-hydrogen) atoms. The molecule has 1 aromatic heterocycles. The number of nitrogens with zero attached hydrogens (tertiary/aromatic N) is 2. The van der Waals surface area contributed by atoms with Crippen molar-refractivity contribution >= 4 is 33.2 Å². The maximum atomic E-state index is 5.96. The number of halogens is 2. The van der Waals surface area contributed by atoms with Crippen LogP contribution in [0.4, 0.5) is 5.69 Å². The standard InChI is InChI=1S/C12H13BrClN3/c1-2-17-8-15-6-10(17)7-16-12-5-9(14)3-4-11(12)13/h3-6,8,16H,2,7H2,1H3. The molecule has 0 amide bonds. The molecule has 5 heteroatoms. The summed E-state index contributed by atoms with van der Waals surface area (Å²) in [6.45, 7) is 3.75. The number of rotatable bonds is 4. The van der Waals surface area contributed by atoms with E-state index in [0.29, 0.717) is 0 Å². The predicted octanol–water partition coefficient (Wildman–Crippen LogP) is 3.93. The normalized spacial score (nSPS) is 10.5. The maximum absolute atomic E-state index is 5.96. The summed E-state index contributed by atoms with van der Waals surface area (Å²) in [7, 11) is 0. The summed E-state index contributed by atoms with van der Waals surface area (Å²) in [4.78, 5) is 4.13. The molecule has 90 valence electrons. The zero-order chi connectivity index (χ0) is 12.3. The van der Waals surface area contributed by atoms with E-state index in [-0.39, 0.29) is 0 Å². The summed E-state index contributed by atoms with van der Waals surface area (Å²) < 4.78 is 3.11. The monoisotopic (exact) mass is 313 g/mol. The van der Waals surface area contributed by atoms with Crippen LogP contribution in [0.5, 0.6) is 0 Å². The van der Waals surface area contributed by atoms with Crippen molar-refractivity contribution in [3.8, 4) is 0 Å². The minimum atomic E-state index is 0.722. The molecule has 0 spiro atoms. The van der Waals surface area contributed by atoms with Crippen LogP contribution in [-0.4, -0.2) is 9.55 Å². The van der Waals surface area contributed by atoms with E-state index in [1.807, 2.05) is 30.7 Å². The largest absolute Gasteiger partial charge is 0.378 e. The van der Waals surface area contributed by atoms with Crippen molar-refractivity contribution in [1.29, 1.82) is 0 Å². The van der Waals surface area contributed by atoms with E-state index in [9.17, 15) is 0 Å². The SMILES string of the molecule is CCn1cncc1CNc1cc(Cl)ccc1Br. The third kappa shape index (κ3) is 3.01. The van der Waals surface area contributed by atoms with Crippen molar-refractivity contribution in [3.63, 3.8) is 0 Å². The van der Waals surface area contributed by atoms with Crippen LogP contribution in [0, 0.1) is 0 Å². The highest BCUT2D eigenvalue weighted by Crippen LogP contribution is 2.26. The van der Waals surface area contributed by atoms with Gasteiger partial charge in [0.05, 0.1) is 24.3 Å². The lowest BCUT2D eigenvalue weighted by molar-refractivity contribution is 0.719. The van der Waals surface area contributed by atoms with Gasteiger partial charge in [-0.2, -0.15) is 0 Å². The van der Waals surface area contributed by atoms with E-state index in [2.05, 4.69) is 37.7 Å². The molecular formula is C12H13BrClN3. The number of hydrogen-bond acceptors (Lipinski definition) is 2. The highest BCUT2D eigenvalue weighted by molar-refractivity contribution is 9.10. The summed E-state index contributed by atoms with van der Waals surface area (Å²) in [5.41, 5.74) is 2.14. The lowest BCUT2D eigenvalue weighted by Crippen LogP contribution is -2.06. The van der Waals surface area contributed by atoms with Gasteiger partial charge in [0.2, 0.25) is 0 Å². The van der Waals surface area contributed by atoms with Crippen molar-refractivity contribution < 1.29 is 0 Å². The van der Waals surface area contributed by atoms with Crippen LogP contribution < -0.4 is 5.32 Å². The van der Waals surface area contributed by atoms with Gasteiger partial charge >= 0.3 is 0 Å². The minimum Gasteiger partial charge on any atom is -0.378 e. The van der Waals surface area contributed by atoms with Gasteiger partial charge in [-0.3, -0.25) is 0 Å². The zero-order valence-corrected chi connectivity index (χ0v) is 11.8. The fourth-order valence-corrected chi connectivity index (χ4v) is 2.16. The Labute approximate surface area is 114 Å². The average molecular weight is 315 g/mol. The number of anilines is 1. The smallest absolute Gasteiger partial charge is 0.0948 e. The Bertz CT molecular complexity index is 510. The second-order valence-corrected chi connectivity index (χ2v) is 4.94. The van der Waals surface area contributed by atoms with Gasteiger partial charge in [0.15, 0.2) is 0 Å². The molecule has 2 rings (SSSR count). The van der Waals surface area contributed by atoms with Gasteiger partial charge < -0.3 is 9.88 Å². The van der Waals surface area contributed by atoms with Gasteiger partial charge in [0.25, 0.3) is 0 Å².